The summed E-state index contributed by atoms with van der Waals surface area (Å²) < 4.78 is 25.1. The second-order valence-electron chi connectivity index (χ2n) is 2.00. The minimum absolute atomic E-state index is 0.0833. The molecule has 0 radical (unpaired) electrons. The minimum Gasteiger partial charge on any atom is -0.207 e. The lowest BCUT2D eigenvalue weighted by Crippen LogP contribution is -1.87. The predicted molar refractivity (Wildman–Crippen MR) is 38.3 cm³/mol. The Hall–Kier alpha value is -0.570. The van der Waals surface area contributed by atoms with E-state index in [0.717, 1.165) is 12.1 Å². The third-order valence-corrected chi connectivity index (χ3v) is 1.86. The summed E-state index contributed by atoms with van der Waals surface area (Å²) in [5, 5.41) is 0. The lowest BCUT2D eigenvalue weighted by molar-refractivity contribution is 0.569. The van der Waals surface area contributed by atoms with E-state index in [4.69, 9.17) is 0 Å². The van der Waals surface area contributed by atoms with Gasteiger partial charge >= 0.3 is 0 Å². The predicted octanol–water partition coefficient (Wildman–Crippen LogP) is 2.56. The molecule has 10 heavy (non-hydrogen) atoms. The van der Waals surface area contributed by atoms with Crippen LogP contribution in [0, 0.1) is 18.6 Å². The Morgan fingerprint density at radius 2 is 1.70 bits per heavy atom. The molecule has 0 saturated heterocycles. The molecule has 1 aromatic carbocycles. The molecule has 1 aromatic rings. The Balaban J connectivity index is 3.34. The van der Waals surface area contributed by atoms with E-state index in [1.54, 1.807) is 0 Å². The zero-order valence-corrected chi connectivity index (χ0v) is 6.25. The summed E-state index contributed by atoms with van der Waals surface area (Å²) in [6.07, 6.45) is 0. The maximum absolute atomic E-state index is 12.5. The van der Waals surface area contributed by atoms with Crippen LogP contribution in [-0.2, 0) is 0 Å². The SMILES string of the molecule is Cc1c(F)ccc(F)c1S. The van der Waals surface area contributed by atoms with E-state index < -0.39 is 11.6 Å². The number of hydrogen-bond donors (Lipinski definition) is 1. The molecule has 0 spiro atoms. The van der Waals surface area contributed by atoms with Crippen molar-refractivity contribution in [2.24, 2.45) is 0 Å². The first-order valence-electron chi connectivity index (χ1n) is 2.76. The van der Waals surface area contributed by atoms with E-state index in [1.807, 2.05) is 0 Å². The molecule has 0 aliphatic rings. The van der Waals surface area contributed by atoms with Gasteiger partial charge < -0.3 is 0 Å². The summed E-state index contributed by atoms with van der Waals surface area (Å²) in [7, 11) is 0. The van der Waals surface area contributed by atoms with Gasteiger partial charge in [0.25, 0.3) is 0 Å². The van der Waals surface area contributed by atoms with Crippen molar-refractivity contribution < 1.29 is 8.78 Å². The van der Waals surface area contributed by atoms with Crippen LogP contribution in [0.3, 0.4) is 0 Å². The molecule has 0 unspecified atom stereocenters. The Kier molecular flexibility index (Phi) is 1.94. The lowest BCUT2D eigenvalue weighted by atomic mass is 10.2. The van der Waals surface area contributed by atoms with E-state index in [0.29, 0.717) is 0 Å². The van der Waals surface area contributed by atoms with Gasteiger partial charge in [-0.05, 0) is 19.1 Å². The molecule has 54 valence electrons. The van der Waals surface area contributed by atoms with Crippen LogP contribution in [0.5, 0.6) is 0 Å². The first-order chi connectivity index (χ1) is 4.63. The Labute approximate surface area is 63.3 Å². The van der Waals surface area contributed by atoms with Crippen molar-refractivity contribution in [3.63, 3.8) is 0 Å². The third-order valence-electron chi connectivity index (χ3n) is 1.32. The number of rotatable bonds is 0. The van der Waals surface area contributed by atoms with Gasteiger partial charge in [0.15, 0.2) is 0 Å². The zero-order chi connectivity index (χ0) is 7.72. The Morgan fingerprint density at radius 1 is 1.20 bits per heavy atom. The van der Waals surface area contributed by atoms with Crippen molar-refractivity contribution in [1.82, 2.24) is 0 Å². The molecule has 0 aliphatic heterocycles. The second kappa shape index (κ2) is 2.58. The summed E-state index contributed by atoms with van der Waals surface area (Å²) in [6, 6.07) is 2.15. The minimum atomic E-state index is -0.484. The van der Waals surface area contributed by atoms with E-state index in [1.165, 1.54) is 6.92 Å². The van der Waals surface area contributed by atoms with Crippen LogP contribution < -0.4 is 0 Å². The highest BCUT2D eigenvalue weighted by molar-refractivity contribution is 7.80. The third kappa shape index (κ3) is 1.14. The Morgan fingerprint density at radius 3 is 2.20 bits per heavy atom. The molecule has 0 aliphatic carbocycles. The van der Waals surface area contributed by atoms with E-state index in [-0.39, 0.29) is 10.5 Å². The molecular formula is C7H6F2S. The van der Waals surface area contributed by atoms with Crippen LogP contribution in [0.4, 0.5) is 8.78 Å². The first-order valence-corrected chi connectivity index (χ1v) is 3.21. The van der Waals surface area contributed by atoms with Gasteiger partial charge in [-0.2, -0.15) is 0 Å². The summed E-state index contributed by atoms with van der Waals surface area (Å²) in [5.74, 6) is -0.909. The fourth-order valence-corrected chi connectivity index (χ4v) is 0.824. The fourth-order valence-electron chi connectivity index (χ4n) is 0.642. The average molecular weight is 160 g/mol. The van der Waals surface area contributed by atoms with E-state index in [9.17, 15) is 8.78 Å². The van der Waals surface area contributed by atoms with Crippen molar-refractivity contribution in [2.45, 2.75) is 11.8 Å². The van der Waals surface area contributed by atoms with Crippen LogP contribution in [0.15, 0.2) is 17.0 Å². The number of halogens is 2. The van der Waals surface area contributed by atoms with Gasteiger partial charge in [-0.3, -0.25) is 0 Å². The van der Waals surface area contributed by atoms with Crippen molar-refractivity contribution >= 4 is 12.6 Å². The maximum atomic E-state index is 12.5. The lowest BCUT2D eigenvalue weighted by Gasteiger charge is -1.99. The van der Waals surface area contributed by atoms with Gasteiger partial charge in [-0.1, -0.05) is 0 Å². The molecule has 0 fully saturated rings. The van der Waals surface area contributed by atoms with Crippen molar-refractivity contribution in [2.75, 3.05) is 0 Å². The van der Waals surface area contributed by atoms with E-state index in [2.05, 4.69) is 12.6 Å². The zero-order valence-electron chi connectivity index (χ0n) is 5.36. The molecule has 0 N–H and O–H groups in total. The summed E-state index contributed by atoms with van der Waals surface area (Å²) >= 11 is 3.77. The highest BCUT2D eigenvalue weighted by atomic mass is 32.1. The van der Waals surface area contributed by atoms with Crippen molar-refractivity contribution in [3.8, 4) is 0 Å². The van der Waals surface area contributed by atoms with Crippen LogP contribution in [-0.4, -0.2) is 0 Å². The molecule has 3 heteroatoms. The van der Waals surface area contributed by atoms with Gasteiger partial charge in [-0.25, -0.2) is 8.78 Å². The molecule has 0 bridgehead atoms. The smallest absolute Gasteiger partial charge is 0.136 e. The number of hydrogen-bond acceptors (Lipinski definition) is 1. The average Bonchev–Trinajstić information content (AvgIpc) is 1.93. The van der Waals surface area contributed by atoms with Gasteiger partial charge in [0.1, 0.15) is 11.6 Å². The molecule has 0 aromatic heterocycles. The Bertz CT molecular complexity index is 231. The van der Waals surface area contributed by atoms with Crippen LogP contribution >= 0.6 is 12.6 Å². The molecule has 0 heterocycles. The summed E-state index contributed by atoms with van der Waals surface area (Å²) in [4.78, 5) is 0.0833. The van der Waals surface area contributed by atoms with Crippen LogP contribution in [0.25, 0.3) is 0 Å². The summed E-state index contributed by atoms with van der Waals surface area (Å²) in [5.41, 5.74) is 0.253. The topological polar surface area (TPSA) is 0 Å². The van der Waals surface area contributed by atoms with Gasteiger partial charge in [0.05, 0.1) is 0 Å². The standard InChI is InChI=1S/C7H6F2S/c1-4-5(8)2-3-6(9)7(4)10/h2-3,10H,1H3. The molecule has 0 nitrogen and oxygen atoms in total. The van der Waals surface area contributed by atoms with Crippen molar-refractivity contribution in [1.29, 1.82) is 0 Å². The fraction of sp³-hybridized carbons (Fsp3) is 0.143. The van der Waals surface area contributed by atoms with Gasteiger partial charge in [0.2, 0.25) is 0 Å². The van der Waals surface area contributed by atoms with Gasteiger partial charge in [-0.15, -0.1) is 12.6 Å². The summed E-state index contributed by atoms with van der Waals surface area (Å²) in [6.45, 7) is 1.49. The van der Waals surface area contributed by atoms with E-state index >= 15 is 0 Å². The normalized spacial score (nSPS) is 10.0. The van der Waals surface area contributed by atoms with Crippen LogP contribution in [0.2, 0.25) is 0 Å². The highest BCUT2D eigenvalue weighted by Gasteiger charge is 2.04. The first kappa shape index (κ1) is 7.54. The second-order valence-corrected chi connectivity index (χ2v) is 2.45. The van der Waals surface area contributed by atoms with Crippen molar-refractivity contribution in [3.05, 3.63) is 29.3 Å². The van der Waals surface area contributed by atoms with Crippen LogP contribution in [0.1, 0.15) is 5.56 Å². The maximum Gasteiger partial charge on any atom is 0.136 e. The highest BCUT2D eigenvalue weighted by Crippen LogP contribution is 2.19. The number of benzene rings is 1. The molecule has 1 rings (SSSR count). The largest absolute Gasteiger partial charge is 0.207 e. The number of thiol groups is 1. The monoisotopic (exact) mass is 160 g/mol. The molecular weight excluding hydrogens is 154 g/mol. The quantitative estimate of drug-likeness (QED) is 0.554. The van der Waals surface area contributed by atoms with Gasteiger partial charge in [0, 0.05) is 10.5 Å². The molecule has 0 saturated carbocycles. The molecule has 0 amide bonds. The molecule has 0 atom stereocenters.